The van der Waals surface area contributed by atoms with Crippen molar-refractivity contribution in [1.29, 1.82) is 0 Å². The highest BCUT2D eigenvalue weighted by Gasteiger charge is 2.15. The third-order valence-corrected chi connectivity index (χ3v) is 5.13. The van der Waals surface area contributed by atoms with Crippen molar-refractivity contribution in [3.8, 4) is 10.4 Å². The fourth-order valence-electron chi connectivity index (χ4n) is 2.74. The van der Waals surface area contributed by atoms with Crippen molar-refractivity contribution in [2.75, 3.05) is 6.54 Å². The monoisotopic (exact) mass is 377 g/mol. The highest BCUT2D eigenvalue weighted by atomic mass is 35.5. The van der Waals surface area contributed by atoms with E-state index in [0.717, 1.165) is 23.0 Å². The van der Waals surface area contributed by atoms with E-state index in [1.165, 1.54) is 17.0 Å². The summed E-state index contributed by atoms with van der Waals surface area (Å²) in [6.45, 7) is 4.95. The molecule has 4 nitrogen and oxygen atoms in total. The van der Waals surface area contributed by atoms with E-state index in [1.807, 2.05) is 30.0 Å². The van der Waals surface area contributed by atoms with E-state index < -0.39 is 5.82 Å². The van der Waals surface area contributed by atoms with Crippen molar-refractivity contribution in [3.63, 3.8) is 0 Å². The van der Waals surface area contributed by atoms with Gasteiger partial charge < -0.3 is 5.32 Å². The molecule has 1 N–H and O–H groups in total. The molecular formula is C18H17ClFN3OS. The number of thiophene rings is 1. The fourth-order valence-corrected chi connectivity index (χ4v) is 3.86. The Balaban J connectivity index is 1.66. The van der Waals surface area contributed by atoms with Gasteiger partial charge in [-0.05, 0) is 43.5 Å². The molecule has 2 aromatic heterocycles. The maximum atomic E-state index is 13.1. The summed E-state index contributed by atoms with van der Waals surface area (Å²) in [5, 5.41) is 9.50. The molecule has 0 atom stereocenters. The third kappa shape index (κ3) is 3.75. The van der Waals surface area contributed by atoms with Crippen LogP contribution in [0.4, 0.5) is 4.39 Å². The van der Waals surface area contributed by atoms with E-state index in [2.05, 4.69) is 16.5 Å². The number of aromatic nitrogens is 2. The molecule has 0 unspecified atom stereocenters. The highest BCUT2D eigenvalue weighted by molar-refractivity contribution is 7.13. The Hall–Kier alpha value is -2.18. The van der Waals surface area contributed by atoms with Crippen molar-refractivity contribution >= 4 is 28.8 Å². The molecule has 0 bridgehead atoms. The second-order valence-corrected chi connectivity index (χ2v) is 6.98. The molecular weight excluding hydrogens is 361 g/mol. The number of rotatable bonds is 5. The van der Waals surface area contributed by atoms with Gasteiger partial charge in [0.25, 0.3) is 5.91 Å². The van der Waals surface area contributed by atoms with Crippen LogP contribution in [0.2, 0.25) is 5.02 Å². The smallest absolute Gasteiger partial charge is 0.252 e. The molecule has 3 rings (SSSR count). The SMILES string of the molecule is Cc1nn(CCNC(=O)c2ccc(F)cc2Cl)c(C)c1-c1cccs1. The van der Waals surface area contributed by atoms with Crippen LogP contribution < -0.4 is 5.32 Å². The predicted molar refractivity (Wildman–Crippen MR) is 98.8 cm³/mol. The number of aryl methyl sites for hydroxylation is 1. The zero-order valence-corrected chi connectivity index (χ0v) is 15.4. The lowest BCUT2D eigenvalue weighted by Gasteiger charge is -2.08. The topological polar surface area (TPSA) is 46.9 Å². The molecule has 0 aliphatic heterocycles. The van der Waals surface area contributed by atoms with Crippen LogP contribution in [0.15, 0.2) is 35.7 Å². The summed E-state index contributed by atoms with van der Waals surface area (Å²) in [4.78, 5) is 13.3. The molecule has 2 heterocycles. The van der Waals surface area contributed by atoms with E-state index in [0.29, 0.717) is 13.1 Å². The van der Waals surface area contributed by atoms with Gasteiger partial charge in [-0.2, -0.15) is 5.10 Å². The molecule has 1 amide bonds. The molecule has 0 fully saturated rings. The van der Waals surface area contributed by atoms with E-state index in [9.17, 15) is 9.18 Å². The van der Waals surface area contributed by atoms with Crippen LogP contribution >= 0.6 is 22.9 Å². The molecule has 0 aliphatic rings. The van der Waals surface area contributed by atoms with Gasteiger partial charge in [0.1, 0.15) is 5.82 Å². The Morgan fingerprint density at radius 2 is 2.16 bits per heavy atom. The number of amides is 1. The van der Waals surface area contributed by atoms with Crippen molar-refractivity contribution < 1.29 is 9.18 Å². The van der Waals surface area contributed by atoms with Crippen LogP contribution in [0.3, 0.4) is 0 Å². The minimum Gasteiger partial charge on any atom is -0.350 e. The zero-order valence-electron chi connectivity index (χ0n) is 13.8. The first-order valence-corrected chi connectivity index (χ1v) is 9.04. The van der Waals surface area contributed by atoms with Gasteiger partial charge in [0.15, 0.2) is 0 Å². The van der Waals surface area contributed by atoms with Crippen LogP contribution in [-0.2, 0) is 6.54 Å². The Morgan fingerprint density at radius 3 is 2.84 bits per heavy atom. The standard InChI is InChI=1S/C18H17ClFN3OS/c1-11-17(16-4-3-9-25-16)12(2)23(22-11)8-7-21-18(24)14-6-5-13(20)10-15(14)19/h3-6,9-10H,7-8H2,1-2H3,(H,21,24). The number of hydrogen-bond acceptors (Lipinski definition) is 3. The van der Waals surface area contributed by atoms with Crippen molar-refractivity contribution in [2.45, 2.75) is 20.4 Å². The molecule has 0 radical (unpaired) electrons. The average Bonchev–Trinajstić information content (AvgIpc) is 3.16. The van der Waals surface area contributed by atoms with E-state index in [-0.39, 0.29) is 16.5 Å². The van der Waals surface area contributed by atoms with E-state index >= 15 is 0 Å². The van der Waals surface area contributed by atoms with Gasteiger partial charge in [-0.3, -0.25) is 9.48 Å². The van der Waals surface area contributed by atoms with Gasteiger partial charge in [0.05, 0.1) is 22.8 Å². The average molecular weight is 378 g/mol. The van der Waals surface area contributed by atoms with E-state index in [4.69, 9.17) is 11.6 Å². The number of benzene rings is 1. The van der Waals surface area contributed by atoms with Gasteiger partial charge in [0.2, 0.25) is 0 Å². The van der Waals surface area contributed by atoms with Crippen molar-refractivity contribution in [1.82, 2.24) is 15.1 Å². The summed E-state index contributed by atoms with van der Waals surface area (Å²) >= 11 is 7.59. The normalized spacial score (nSPS) is 10.9. The number of nitrogens with zero attached hydrogens (tertiary/aromatic N) is 2. The maximum absolute atomic E-state index is 13.1. The molecule has 1 aromatic carbocycles. The second-order valence-electron chi connectivity index (χ2n) is 5.63. The van der Waals surface area contributed by atoms with Crippen molar-refractivity contribution in [2.24, 2.45) is 0 Å². The van der Waals surface area contributed by atoms with Gasteiger partial charge in [0, 0.05) is 22.7 Å². The van der Waals surface area contributed by atoms with Crippen LogP contribution in [0, 0.1) is 19.7 Å². The zero-order chi connectivity index (χ0) is 18.0. The summed E-state index contributed by atoms with van der Waals surface area (Å²) in [5.74, 6) is -0.796. The van der Waals surface area contributed by atoms with Crippen LogP contribution in [0.25, 0.3) is 10.4 Å². The third-order valence-electron chi connectivity index (χ3n) is 3.93. The molecule has 25 heavy (non-hydrogen) atoms. The number of carbonyl (C=O) groups excluding carboxylic acids is 1. The van der Waals surface area contributed by atoms with Gasteiger partial charge >= 0.3 is 0 Å². The Kier molecular flexibility index (Phi) is 5.20. The molecule has 130 valence electrons. The fraction of sp³-hybridized carbons (Fsp3) is 0.222. The summed E-state index contributed by atoms with van der Waals surface area (Å²) in [6, 6.07) is 7.82. The van der Waals surface area contributed by atoms with Crippen LogP contribution in [-0.4, -0.2) is 22.2 Å². The second kappa shape index (κ2) is 7.37. The molecule has 0 aliphatic carbocycles. The number of nitrogens with one attached hydrogen (secondary N) is 1. The number of halogens is 2. The Bertz CT molecular complexity index is 905. The molecule has 0 saturated heterocycles. The molecule has 3 aromatic rings. The maximum Gasteiger partial charge on any atom is 0.252 e. The first kappa shape index (κ1) is 17.6. The first-order chi connectivity index (χ1) is 12.0. The summed E-state index contributed by atoms with van der Waals surface area (Å²) < 4.78 is 14.9. The minimum absolute atomic E-state index is 0.101. The lowest BCUT2D eigenvalue weighted by Crippen LogP contribution is -2.28. The van der Waals surface area contributed by atoms with Crippen LogP contribution in [0.1, 0.15) is 21.7 Å². The largest absolute Gasteiger partial charge is 0.350 e. The number of carbonyl (C=O) groups is 1. The van der Waals surface area contributed by atoms with Gasteiger partial charge in [-0.15, -0.1) is 11.3 Å². The van der Waals surface area contributed by atoms with Crippen LogP contribution in [0.5, 0.6) is 0 Å². The molecule has 7 heteroatoms. The summed E-state index contributed by atoms with van der Waals surface area (Å²) in [5.41, 5.74) is 3.43. The predicted octanol–water partition coefficient (Wildman–Crippen LogP) is 4.45. The summed E-state index contributed by atoms with van der Waals surface area (Å²) in [6.07, 6.45) is 0. The van der Waals surface area contributed by atoms with Gasteiger partial charge in [-0.1, -0.05) is 17.7 Å². The Morgan fingerprint density at radius 1 is 1.36 bits per heavy atom. The Labute approximate surface area is 154 Å². The lowest BCUT2D eigenvalue weighted by molar-refractivity contribution is 0.0952. The first-order valence-electron chi connectivity index (χ1n) is 7.78. The van der Waals surface area contributed by atoms with Gasteiger partial charge in [-0.25, -0.2) is 4.39 Å². The molecule has 0 spiro atoms. The van der Waals surface area contributed by atoms with E-state index in [1.54, 1.807) is 11.3 Å². The minimum atomic E-state index is -0.467. The summed E-state index contributed by atoms with van der Waals surface area (Å²) in [7, 11) is 0. The quantitative estimate of drug-likeness (QED) is 0.714. The number of hydrogen-bond donors (Lipinski definition) is 1. The lowest BCUT2D eigenvalue weighted by atomic mass is 10.1. The highest BCUT2D eigenvalue weighted by Crippen LogP contribution is 2.30. The van der Waals surface area contributed by atoms with Crippen molar-refractivity contribution in [3.05, 3.63) is 63.5 Å². The molecule has 0 saturated carbocycles.